The van der Waals surface area contributed by atoms with Gasteiger partial charge in [0.2, 0.25) is 6.08 Å². The Bertz CT molecular complexity index is 371. The molecule has 14 heavy (non-hydrogen) atoms. The molecular weight excluding hydrogens is 178 g/mol. The van der Waals surface area contributed by atoms with Crippen molar-refractivity contribution in [2.45, 2.75) is 31.6 Å². The fourth-order valence-corrected chi connectivity index (χ4v) is 2.24. The Hall–Kier alpha value is -1.41. The van der Waals surface area contributed by atoms with E-state index in [4.69, 9.17) is 0 Å². The second-order valence-corrected chi connectivity index (χ2v) is 3.72. The molecule has 1 heterocycles. The van der Waals surface area contributed by atoms with Crippen molar-refractivity contribution < 1.29 is 4.79 Å². The summed E-state index contributed by atoms with van der Waals surface area (Å²) in [5.41, 5.74) is 1.78. The summed E-state index contributed by atoms with van der Waals surface area (Å²) in [5.74, 6) is 0.523. The molecule has 0 unspecified atom stereocenters. The average molecular weight is 191 g/mol. The third-order valence-electron chi connectivity index (χ3n) is 2.87. The van der Waals surface area contributed by atoms with Crippen molar-refractivity contribution in [2.24, 2.45) is 12.0 Å². The normalized spacial score (nSPS) is 16.9. The molecule has 0 atom stereocenters. The molecule has 1 aliphatic rings. The molecule has 0 aromatic carbocycles. The van der Waals surface area contributed by atoms with Crippen molar-refractivity contribution in [1.29, 1.82) is 0 Å². The summed E-state index contributed by atoms with van der Waals surface area (Å²) in [6.45, 7) is 0. The van der Waals surface area contributed by atoms with E-state index >= 15 is 0 Å². The van der Waals surface area contributed by atoms with E-state index in [0.717, 1.165) is 5.69 Å². The van der Waals surface area contributed by atoms with Crippen molar-refractivity contribution in [1.82, 2.24) is 9.78 Å². The molecule has 0 amide bonds. The lowest BCUT2D eigenvalue weighted by molar-refractivity contribution is 0.565. The Morgan fingerprint density at radius 1 is 1.57 bits per heavy atom. The molecule has 0 bridgehead atoms. The molecule has 4 heteroatoms. The first-order chi connectivity index (χ1) is 6.83. The zero-order valence-electron chi connectivity index (χ0n) is 8.23. The smallest absolute Gasteiger partial charge is 0.240 e. The number of aromatic nitrogens is 2. The fourth-order valence-electron chi connectivity index (χ4n) is 2.24. The predicted octanol–water partition coefficient (Wildman–Crippen LogP) is 2.04. The summed E-state index contributed by atoms with van der Waals surface area (Å²) in [4.78, 5) is 13.9. The lowest BCUT2D eigenvalue weighted by Gasteiger charge is -2.09. The van der Waals surface area contributed by atoms with Crippen LogP contribution in [0.1, 0.15) is 37.3 Å². The standard InChI is InChI=1S/C10H13N3O/c1-13-10(8-4-2-3-5-8)9(6-12-13)11-7-14/h6,8H,2-5H2,1H3. The molecule has 1 aliphatic carbocycles. The molecule has 0 spiro atoms. The van der Waals surface area contributed by atoms with Gasteiger partial charge in [0, 0.05) is 13.0 Å². The number of aliphatic imine (C=N–C) groups is 1. The maximum atomic E-state index is 10.2. The Morgan fingerprint density at radius 2 is 2.29 bits per heavy atom. The van der Waals surface area contributed by atoms with E-state index in [9.17, 15) is 4.79 Å². The molecule has 0 N–H and O–H groups in total. The van der Waals surface area contributed by atoms with Crippen LogP contribution in [0.3, 0.4) is 0 Å². The van der Waals surface area contributed by atoms with Crippen molar-refractivity contribution in [3.8, 4) is 0 Å². The molecule has 0 saturated heterocycles. The van der Waals surface area contributed by atoms with Crippen molar-refractivity contribution >= 4 is 11.8 Å². The van der Waals surface area contributed by atoms with E-state index in [2.05, 4.69) is 10.1 Å². The van der Waals surface area contributed by atoms with E-state index < -0.39 is 0 Å². The first kappa shape index (κ1) is 9.16. The summed E-state index contributed by atoms with van der Waals surface area (Å²) < 4.78 is 1.83. The van der Waals surface area contributed by atoms with Gasteiger partial charge in [0.05, 0.1) is 11.9 Å². The molecule has 0 aliphatic heterocycles. The van der Waals surface area contributed by atoms with Gasteiger partial charge in [-0.05, 0) is 12.8 Å². The number of hydrogen-bond donors (Lipinski definition) is 0. The van der Waals surface area contributed by atoms with Gasteiger partial charge in [0.25, 0.3) is 0 Å². The number of hydrogen-bond acceptors (Lipinski definition) is 3. The lowest BCUT2D eigenvalue weighted by atomic mass is 10.0. The lowest BCUT2D eigenvalue weighted by Crippen LogP contribution is -2.02. The highest BCUT2D eigenvalue weighted by Gasteiger charge is 2.23. The zero-order chi connectivity index (χ0) is 9.97. The zero-order valence-corrected chi connectivity index (χ0v) is 8.23. The Kier molecular flexibility index (Phi) is 2.46. The minimum Gasteiger partial charge on any atom is -0.270 e. The van der Waals surface area contributed by atoms with Crippen LogP contribution >= 0.6 is 0 Å². The van der Waals surface area contributed by atoms with Crippen LogP contribution in [-0.2, 0) is 11.8 Å². The number of nitrogens with zero attached hydrogens (tertiary/aromatic N) is 3. The van der Waals surface area contributed by atoms with Crippen LogP contribution in [0.5, 0.6) is 0 Å². The van der Waals surface area contributed by atoms with Gasteiger partial charge in [-0.2, -0.15) is 10.1 Å². The van der Waals surface area contributed by atoms with Gasteiger partial charge < -0.3 is 0 Å². The number of carbonyl (C=O) groups excluding carboxylic acids is 1. The summed E-state index contributed by atoms with van der Waals surface area (Å²) in [7, 11) is 1.90. The number of isocyanates is 1. The van der Waals surface area contributed by atoms with E-state index in [1.165, 1.54) is 25.7 Å². The molecule has 1 aromatic rings. The summed E-state index contributed by atoms with van der Waals surface area (Å²) >= 11 is 0. The summed E-state index contributed by atoms with van der Waals surface area (Å²) in [6, 6.07) is 0. The third-order valence-corrected chi connectivity index (χ3v) is 2.87. The van der Waals surface area contributed by atoms with Crippen LogP contribution < -0.4 is 0 Å². The maximum absolute atomic E-state index is 10.2. The van der Waals surface area contributed by atoms with Crippen LogP contribution in [0, 0.1) is 0 Å². The third kappa shape index (κ3) is 1.49. The molecule has 1 fully saturated rings. The van der Waals surface area contributed by atoms with Gasteiger partial charge in [0.1, 0.15) is 5.69 Å². The fraction of sp³-hybridized carbons (Fsp3) is 0.600. The largest absolute Gasteiger partial charge is 0.270 e. The topological polar surface area (TPSA) is 47.2 Å². The summed E-state index contributed by atoms with van der Waals surface area (Å²) in [6.07, 6.45) is 8.11. The number of aryl methyl sites for hydroxylation is 1. The Balaban J connectivity index is 2.37. The SMILES string of the molecule is Cn1ncc(N=C=O)c1C1CCCC1. The quantitative estimate of drug-likeness (QED) is 0.530. The molecule has 4 nitrogen and oxygen atoms in total. The van der Waals surface area contributed by atoms with Gasteiger partial charge in [-0.1, -0.05) is 12.8 Å². The number of rotatable bonds is 2. The minimum atomic E-state index is 0.523. The van der Waals surface area contributed by atoms with Crippen molar-refractivity contribution in [3.05, 3.63) is 11.9 Å². The van der Waals surface area contributed by atoms with Gasteiger partial charge in [-0.15, -0.1) is 0 Å². The highest BCUT2D eigenvalue weighted by atomic mass is 16.1. The van der Waals surface area contributed by atoms with Crippen LogP contribution in [0.4, 0.5) is 5.69 Å². The van der Waals surface area contributed by atoms with Gasteiger partial charge in [0.15, 0.2) is 0 Å². The predicted molar refractivity (Wildman–Crippen MR) is 52.2 cm³/mol. The van der Waals surface area contributed by atoms with Crippen LogP contribution in [0.2, 0.25) is 0 Å². The monoisotopic (exact) mass is 191 g/mol. The second kappa shape index (κ2) is 3.76. The minimum absolute atomic E-state index is 0.523. The van der Waals surface area contributed by atoms with E-state index in [0.29, 0.717) is 11.6 Å². The molecule has 74 valence electrons. The van der Waals surface area contributed by atoms with E-state index in [-0.39, 0.29) is 0 Å². The molecular formula is C10H13N3O. The maximum Gasteiger partial charge on any atom is 0.240 e. The van der Waals surface area contributed by atoms with Gasteiger partial charge in [-0.3, -0.25) is 4.68 Å². The average Bonchev–Trinajstić information content (AvgIpc) is 2.76. The summed E-state index contributed by atoms with van der Waals surface area (Å²) in [5, 5.41) is 4.12. The van der Waals surface area contributed by atoms with Crippen LogP contribution in [0.15, 0.2) is 11.2 Å². The van der Waals surface area contributed by atoms with E-state index in [1.807, 2.05) is 11.7 Å². The molecule has 1 saturated carbocycles. The molecule has 2 rings (SSSR count). The Labute approximate surface area is 82.6 Å². The van der Waals surface area contributed by atoms with Crippen molar-refractivity contribution in [2.75, 3.05) is 0 Å². The highest BCUT2D eigenvalue weighted by molar-refractivity contribution is 5.51. The van der Waals surface area contributed by atoms with E-state index in [1.54, 1.807) is 12.3 Å². The first-order valence-electron chi connectivity index (χ1n) is 4.92. The molecule has 0 radical (unpaired) electrons. The molecule has 1 aromatic heterocycles. The van der Waals surface area contributed by atoms with Crippen LogP contribution in [0.25, 0.3) is 0 Å². The highest BCUT2D eigenvalue weighted by Crippen LogP contribution is 2.38. The Morgan fingerprint density at radius 3 is 2.93 bits per heavy atom. The van der Waals surface area contributed by atoms with Gasteiger partial charge >= 0.3 is 0 Å². The first-order valence-corrected chi connectivity index (χ1v) is 4.92. The van der Waals surface area contributed by atoms with Crippen LogP contribution in [-0.4, -0.2) is 15.9 Å². The van der Waals surface area contributed by atoms with Crippen molar-refractivity contribution in [3.63, 3.8) is 0 Å². The second-order valence-electron chi connectivity index (χ2n) is 3.72. The van der Waals surface area contributed by atoms with Gasteiger partial charge in [-0.25, -0.2) is 4.79 Å².